The molecule has 0 unspecified atom stereocenters. The van der Waals surface area contributed by atoms with Crippen molar-refractivity contribution in [2.45, 2.75) is 56.9 Å². The zero-order valence-electron chi connectivity index (χ0n) is 18.6. The van der Waals surface area contributed by atoms with Crippen molar-refractivity contribution in [3.63, 3.8) is 0 Å². The first-order chi connectivity index (χ1) is 15.2. The molecule has 3 rings (SSSR count). The molecule has 0 saturated carbocycles. The molecule has 0 radical (unpaired) electrons. The molecule has 0 aromatic carbocycles. The summed E-state index contributed by atoms with van der Waals surface area (Å²) < 4.78 is 41.3. The van der Waals surface area contributed by atoms with Gasteiger partial charge in [-0.2, -0.15) is 0 Å². The van der Waals surface area contributed by atoms with Gasteiger partial charge in [0.15, 0.2) is 14.9 Å². The van der Waals surface area contributed by atoms with Crippen molar-refractivity contribution in [2.75, 3.05) is 6.54 Å². The number of allylic oxidation sites excluding steroid dienone is 1. The van der Waals surface area contributed by atoms with Crippen LogP contribution in [-0.4, -0.2) is 34.7 Å². The zero-order chi connectivity index (χ0) is 23.5. The van der Waals surface area contributed by atoms with Crippen molar-refractivity contribution in [3.8, 4) is 0 Å². The molecule has 0 aliphatic carbocycles. The van der Waals surface area contributed by atoms with E-state index in [0.717, 1.165) is 27.9 Å². The number of fused-ring (bicyclic) bond motifs is 1. The van der Waals surface area contributed by atoms with Crippen LogP contribution in [0, 0.1) is 0 Å². The monoisotopic (exact) mass is 478 g/mol. The van der Waals surface area contributed by atoms with Gasteiger partial charge in [0, 0.05) is 36.6 Å². The van der Waals surface area contributed by atoms with E-state index in [9.17, 15) is 12.8 Å². The highest BCUT2D eigenvalue weighted by atomic mass is 35.5. The fourth-order valence-corrected chi connectivity index (χ4v) is 4.78. The Morgan fingerprint density at radius 3 is 2.56 bits per heavy atom. The molecule has 0 aliphatic heterocycles. The maximum absolute atomic E-state index is 14.6. The van der Waals surface area contributed by atoms with E-state index in [1.165, 1.54) is 6.08 Å². The van der Waals surface area contributed by atoms with Crippen LogP contribution in [0.4, 0.5) is 4.39 Å². The van der Waals surface area contributed by atoms with Crippen molar-refractivity contribution < 1.29 is 12.8 Å². The van der Waals surface area contributed by atoms with Crippen LogP contribution in [0.3, 0.4) is 0 Å². The molecule has 1 N–H and O–H groups in total. The van der Waals surface area contributed by atoms with Crippen molar-refractivity contribution in [1.82, 2.24) is 19.4 Å². The Morgan fingerprint density at radius 1 is 1.22 bits per heavy atom. The van der Waals surface area contributed by atoms with Crippen LogP contribution in [0.15, 0.2) is 53.6 Å². The van der Waals surface area contributed by atoms with Crippen LogP contribution in [0.1, 0.15) is 50.4 Å². The van der Waals surface area contributed by atoms with Crippen molar-refractivity contribution in [1.29, 1.82) is 0 Å². The summed E-state index contributed by atoms with van der Waals surface area (Å²) in [6.07, 6.45) is 5.24. The highest BCUT2D eigenvalue weighted by Gasteiger charge is 2.23. The topological polar surface area (TPSA) is 76.9 Å². The first kappa shape index (κ1) is 24.4. The Bertz CT molecular complexity index is 1220. The summed E-state index contributed by atoms with van der Waals surface area (Å²) in [5.74, 6) is -0.177. The largest absolute Gasteiger partial charge is 0.336 e. The van der Waals surface area contributed by atoms with Gasteiger partial charge in [-0.25, -0.2) is 22.6 Å². The maximum atomic E-state index is 14.6. The van der Waals surface area contributed by atoms with E-state index in [4.69, 9.17) is 11.8 Å². The fraction of sp³-hybridized carbons (Fsp3) is 0.391. The third kappa shape index (κ3) is 5.03. The predicted molar refractivity (Wildman–Crippen MR) is 126 cm³/mol. The minimum absolute atomic E-state index is 0.0704. The molecule has 0 saturated heterocycles. The quantitative estimate of drug-likeness (QED) is 0.441. The summed E-state index contributed by atoms with van der Waals surface area (Å²) in [7, 11) is -3.43. The Morgan fingerprint density at radius 2 is 1.97 bits per heavy atom. The summed E-state index contributed by atoms with van der Waals surface area (Å²) in [5.41, 5.74) is 4.49. The van der Waals surface area contributed by atoms with E-state index in [1.54, 1.807) is 38.4 Å². The van der Waals surface area contributed by atoms with Gasteiger partial charge in [0.1, 0.15) is 5.83 Å². The smallest absolute Gasteiger partial charge is 0.197 e. The Kier molecular flexibility index (Phi) is 7.69. The molecule has 6 nitrogen and oxygen atoms in total. The van der Waals surface area contributed by atoms with Crippen LogP contribution in [0.2, 0.25) is 0 Å². The second kappa shape index (κ2) is 10.1. The summed E-state index contributed by atoms with van der Waals surface area (Å²) in [6, 6.07) is 7.10. The lowest BCUT2D eigenvalue weighted by Gasteiger charge is -2.15. The van der Waals surface area contributed by atoms with Crippen molar-refractivity contribution in [2.24, 2.45) is 0 Å². The van der Waals surface area contributed by atoms with E-state index < -0.39 is 15.1 Å². The van der Waals surface area contributed by atoms with Gasteiger partial charge in [-0.15, -0.1) is 0 Å². The number of hydrogen-bond acceptors (Lipinski definition) is 5. The molecular formula is C23H28ClFN4O2S. The zero-order valence-corrected chi connectivity index (χ0v) is 20.2. The fourth-order valence-electron chi connectivity index (χ4n) is 3.76. The standard InChI is InChI=1S/C23H28ClFN4O2S/c1-15(2)23-19(12-17-7-8-21(27-13-17)32(30,31)16(3)4)22-20(6-5-10-26-22)29(23)14-18(25)9-11-28-24/h5-10,13,15-16,28H,11-12,14H2,1-4H3/b18-9-. The molecule has 3 heterocycles. The molecule has 9 heteroatoms. The first-order valence-electron chi connectivity index (χ1n) is 10.5. The molecule has 172 valence electrons. The molecule has 0 bridgehead atoms. The lowest BCUT2D eigenvalue weighted by atomic mass is 9.99. The molecular weight excluding hydrogens is 451 g/mol. The number of rotatable bonds is 9. The van der Waals surface area contributed by atoms with Crippen LogP contribution >= 0.6 is 11.8 Å². The van der Waals surface area contributed by atoms with Gasteiger partial charge < -0.3 is 4.57 Å². The third-order valence-electron chi connectivity index (χ3n) is 5.31. The third-order valence-corrected chi connectivity index (χ3v) is 7.53. The molecule has 32 heavy (non-hydrogen) atoms. The van der Waals surface area contributed by atoms with E-state index in [0.29, 0.717) is 6.42 Å². The van der Waals surface area contributed by atoms with Crippen LogP contribution in [0.5, 0.6) is 0 Å². The number of sulfone groups is 1. The second-order valence-corrected chi connectivity index (χ2v) is 11.0. The molecule has 0 spiro atoms. The lowest BCUT2D eigenvalue weighted by molar-refractivity contribution is 0.544. The van der Waals surface area contributed by atoms with Crippen molar-refractivity contribution >= 4 is 32.6 Å². The number of aromatic nitrogens is 3. The summed E-state index contributed by atoms with van der Waals surface area (Å²) in [5, 5.41) is -0.464. The van der Waals surface area contributed by atoms with E-state index in [1.807, 2.05) is 16.7 Å². The van der Waals surface area contributed by atoms with Crippen molar-refractivity contribution in [3.05, 3.63) is 65.4 Å². The van der Waals surface area contributed by atoms with Gasteiger partial charge in [-0.1, -0.05) is 19.9 Å². The van der Waals surface area contributed by atoms with E-state index >= 15 is 0 Å². The Balaban J connectivity index is 2.06. The first-order valence-corrected chi connectivity index (χ1v) is 12.4. The average molecular weight is 479 g/mol. The predicted octanol–water partition coefficient (Wildman–Crippen LogP) is 4.92. The lowest BCUT2D eigenvalue weighted by Crippen LogP contribution is -2.15. The van der Waals surface area contributed by atoms with Gasteiger partial charge in [0.05, 0.1) is 22.8 Å². The highest BCUT2D eigenvalue weighted by molar-refractivity contribution is 7.91. The summed E-state index contributed by atoms with van der Waals surface area (Å²) in [6.45, 7) is 7.71. The Hall–Kier alpha value is -2.29. The molecule has 0 amide bonds. The molecule has 3 aromatic rings. The average Bonchev–Trinajstić information content (AvgIpc) is 3.06. The normalized spacial score (nSPS) is 12.9. The molecule has 0 atom stereocenters. The molecule has 0 aliphatic rings. The minimum Gasteiger partial charge on any atom is -0.336 e. The van der Waals surface area contributed by atoms with Gasteiger partial charge in [0.2, 0.25) is 0 Å². The molecule has 0 fully saturated rings. The van der Waals surface area contributed by atoms with Gasteiger partial charge in [-0.3, -0.25) is 4.98 Å². The Labute approximate surface area is 193 Å². The summed E-state index contributed by atoms with van der Waals surface area (Å²) >= 11 is 5.45. The van der Waals surface area contributed by atoms with E-state index in [-0.39, 0.29) is 29.9 Å². The van der Waals surface area contributed by atoms with Crippen LogP contribution < -0.4 is 4.84 Å². The number of halogens is 2. The second-order valence-electron chi connectivity index (χ2n) is 8.24. The summed E-state index contributed by atoms with van der Waals surface area (Å²) in [4.78, 5) is 11.2. The van der Waals surface area contributed by atoms with Crippen LogP contribution in [-0.2, 0) is 22.8 Å². The van der Waals surface area contributed by atoms with Gasteiger partial charge in [-0.05, 0) is 61.4 Å². The van der Waals surface area contributed by atoms with Gasteiger partial charge in [0.25, 0.3) is 0 Å². The molecule has 3 aromatic heterocycles. The number of hydrogen-bond donors (Lipinski definition) is 1. The number of nitrogens with zero attached hydrogens (tertiary/aromatic N) is 3. The number of nitrogens with one attached hydrogen (secondary N) is 1. The van der Waals surface area contributed by atoms with Gasteiger partial charge >= 0.3 is 0 Å². The maximum Gasteiger partial charge on any atom is 0.197 e. The number of pyridine rings is 2. The minimum atomic E-state index is -3.43. The van der Waals surface area contributed by atoms with E-state index in [2.05, 4.69) is 28.7 Å². The highest BCUT2D eigenvalue weighted by Crippen LogP contribution is 2.32. The SMILES string of the molecule is CC(C)c1c(Cc2ccc(S(=O)(=O)C(C)C)nc2)c2ncccc2n1C/C(F)=C/CNCl. The van der Waals surface area contributed by atoms with Crippen LogP contribution in [0.25, 0.3) is 11.0 Å².